The minimum absolute atomic E-state index is 0.359. The summed E-state index contributed by atoms with van der Waals surface area (Å²) in [6.07, 6.45) is 1.40. The fourth-order valence-electron chi connectivity index (χ4n) is 1.66. The maximum atomic E-state index is 12.0. The number of halogens is 3. The molecule has 0 fully saturated rings. The van der Waals surface area contributed by atoms with Crippen molar-refractivity contribution in [3.05, 3.63) is 62.0 Å². The highest BCUT2D eigenvalue weighted by molar-refractivity contribution is 9.10. The van der Waals surface area contributed by atoms with Gasteiger partial charge in [-0.3, -0.25) is 4.79 Å². The third kappa shape index (κ3) is 4.00. The number of carbonyl (C=O) groups is 1. The molecular weight excluding hydrogens is 391 g/mol. The number of ether oxygens (including phenoxy) is 1. The van der Waals surface area contributed by atoms with E-state index in [1.807, 2.05) is 0 Å². The van der Waals surface area contributed by atoms with Crippen LogP contribution >= 0.6 is 39.1 Å². The molecule has 0 spiro atoms. The quantitative estimate of drug-likeness (QED) is 0.604. The number of benzene rings is 2. The minimum Gasteiger partial charge on any atom is -0.496 e. The van der Waals surface area contributed by atoms with E-state index >= 15 is 0 Å². The van der Waals surface area contributed by atoms with Crippen molar-refractivity contribution in [3.8, 4) is 5.75 Å². The second kappa shape index (κ2) is 7.63. The van der Waals surface area contributed by atoms with Crippen molar-refractivity contribution in [3.63, 3.8) is 0 Å². The third-order valence-electron chi connectivity index (χ3n) is 2.77. The summed E-state index contributed by atoms with van der Waals surface area (Å²) in [5.41, 5.74) is 3.40. The van der Waals surface area contributed by atoms with Gasteiger partial charge in [-0.1, -0.05) is 29.3 Å². The molecule has 0 aliphatic rings. The number of amides is 1. The normalized spacial score (nSPS) is 10.7. The van der Waals surface area contributed by atoms with E-state index in [1.165, 1.54) is 6.21 Å². The molecule has 2 aromatic rings. The fraction of sp³-hybridized carbons (Fsp3) is 0.0667. The molecular formula is C15H11BrCl2N2O2. The van der Waals surface area contributed by atoms with Crippen LogP contribution in [0.5, 0.6) is 5.75 Å². The van der Waals surface area contributed by atoms with E-state index in [0.717, 1.165) is 0 Å². The topological polar surface area (TPSA) is 50.7 Å². The molecule has 0 aliphatic heterocycles. The van der Waals surface area contributed by atoms with E-state index in [4.69, 9.17) is 27.9 Å². The monoisotopic (exact) mass is 400 g/mol. The molecule has 0 aromatic heterocycles. The average molecular weight is 402 g/mol. The van der Waals surface area contributed by atoms with Crippen LogP contribution in [0, 0.1) is 0 Å². The summed E-state index contributed by atoms with van der Waals surface area (Å²) in [5, 5.41) is 4.78. The molecule has 1 N–H and O–H groups in total. The van der Waals surface area contributed by atoms with Gasteiger partial charge in [-0.25, -0.2) is 5.43 Å². The van der Waals surface area contributed by atoms with E-state index in [9.17, 15) is 4.79 Å². The van der Waals surface area contributed by atoms with Gasteiger partial charge < -0.3 is 4.74 Å². The van der Waals surface area contributed by atoms with Gasteiger partial charge in [0.15, 0.2) is 0 Å². The Hall–Kier alpha value is -1.56. The van der Waals surface area contributed by atoms with Gasteiger partial charge in [0.2, 0.25) is 0 Å². The SMILES string of the molecule is COc1ccc(C(=O)NN=Cc2c(Cl)cccc2Cl)cc1Br. The molecule has 2 aromatic carbocycles. The fourth-order valence-corrected chi connectivity index (χ4v) is 2.70. The van der Waals surface area contributed by atoms with Crippen molar-refractivity contribution in [2.24, 2.45) is 5.10 Å². The first-order valence-electron chi connectivity index (χ1n) is 6.14. The van der Waals surface area contributed by atoms with Crippen LogP contribution in [0.1, 0.15) is 15.9 Å². The van der Waals surface area contributed by atoms with Gasteiger partial charge in [-0.2, -0.15) is 5.10 Å². The lowest BCUT2D eigenvalue weighted by Crippen LogP contribution is -2.17. The summed E-state index contributed by atoms with van der Waals surface area (Å²) >= 11 is 15.3. The number of nitrogens with one attached hydrogen (secondary N) is 1. The Morgan fingerprint density at radius 3 is 2.55 bits per heavy atom. The Balaban J connectivity index is 2.10. The summed E-state index contributed by atoms with van der Waals surface area (Å²) in [5.74, 6) is 0.283. The molecule has 1 amide bonds. The molecule has 0 heterocycles. The van der Waals surface area contributed by atoms with Crippen LogP contribution in [0.15, 0.2) is 46.0 Å². The van der Waals surface area contributed by atoms with Gasteiger partial charge in [-0.15, -0.1) is 0 Å². The van der Waals surface area contributed by atoms with Crippen molar-refractivity contribution in [2.75, 3.05) is 7.11 Å². The number of hydrazone groups is 1. The first kappa shape index (κ1) is 16.8. The van der Waals surface area contributed by atoms with Crippen molar-refractivity contribution in [1.29, 1.82) is 0 Å². The Labute approximate surface area is 146 Å². The molecule has 0 saturated heterocycles. The predicted octanol–water partition coefficient (Wildman–Crippen LogP) is 4.53. The molecule has 114 valence electrons. The zero-order valence-electron chi connectivity index (χ0n) is 11.4. The average Bonchev–Trinajstić information content (AvgIpc) is 2.50. The number of hydrogen-bond donors (Lipinski definition) is 1. The summed E-state index contributed by atoms with van der Waals surface area (Å²) < 4.78 is 5.79. The van der Waals surface area contributed by atoms with Crippen LogP contribution in [-0.2, 0) is 0 Å². The maximum absolute atomic E-state index is 12.0. The molecule has 7 heteroatoms. The Morgan fingerprint density at radius 1 is 1.27 bits per heavy atom. The number of nitrogens with zero attached hydrogens (tertiary/aromatic N) is 1. The van der Waals surface area contributed by atoms with Gasteiger partial charge in [0, 0.05) is 11.1 Å². The Morgan fingerprint density at radius 2 is 1.95 bits per heavy atom. The van der Waals surface area contributed by atoms with E-state index in [-0.39, 0.29) is 5.91 Å². The summed E-state index contributed by atoms with van der Waals surface area (Å²) in [4.78, 5) is 12.0. The van der Waals surface area contributed by atoms with Crippen LogP contribution in [0.3, 0.4) is 0 Å². The smallest absolute Gasteiger partial charge is 0.271 e. The molecule has 0 saturated carbocycles. The number of methoxy groups -OCH3 is 1. The first-order valence-corrected chi connectivity index (χ1v) is 7.68. The zero-order chi connectivity index (χ0) is 16.1. The number of carbonyl (C=O) groups excluding carboxylic acids is 1. The van der Waals surface area contributed by atoms with Crippen LogP contribution < -0.4 is 10.2 Å². The van der Waals surface area contributed by atoms with Crippen molar-refractivity contribution in [2.45, 2.75) is 0 Å². The molecule has 0 unspecified atom stereocenters. The predicted molar refractivity (Wildman–Crippen MR) is 92.2 cm³/mol. The summed E-state index contributed by atoms with van der Waals surface area (Å²) in [6, 6.07) is 10.1. The Kier molecular flexibility index (Phi) is 5.83. The third-order valence-corrected chi connectivity index (χ3v) is 4.05. The lowest BCUT2D eigenvalue weighted by molar-refractivity contribution is 0.0955. The highest BCUT2D eigenvalue weighted by Crippen LogP contribution is 2.25. The maximum Gasteiger partial charge on any atom is 0.271 e. The van der Waals surface area contributed by atoms with Gasteiger partial charge in [0.05, 0.1) is 27.8 Å². The molecule has 0 aliphatic carbocycles. The van der Waals surface area contributed by atoms with Crippen molar-refractivity contribution in [1.82, 2.24) is 5.43 Å². The Bertz CT molecular complexity index is 715. The second-order valence-electron chi connectivity index (χ2n) is 4.18. The van der Waals surface area contributed by atoms with Crippen LogP contribution in [0.4, 0.5) is 0 Å². The highest BCUT2D eigenvalue weighted by Gasteiger charge is 2.08. The molecule has 2 rings (SSSR count). The molecule has 4 nitrogen and oxygen atoms in total. The molecule has 22 heavy (non-hydrogen) atoms. The van der Waals surface area contributed by atoms with E-state index in [2.05, 4.69) is 26.5 Å². The van der Waals surface area contributed by atoms with E-state index < -0.39 is 0 Å². The summed E-state index contributed by atoms with van der Waals surface area (Å²) in [6.45, 7) is 0. The van der Waals surface area contributed by atoms with Gasteiger partial charge >= 0.3 is 0 Å². The van der Waals surface area contributed by atoms with E-state index in [0.29, 0.717) is 31.4 Å². The van der Waals surface area contributed by atoms with Crippen LogP contribution in [0.2, 0.25) is 10.0 Å². The standard InChI is InChI=1S/C15H11BrCl2N2O2/c1-22-14-6-5-9(7-11(14)16)15(21)20-19-8-10-12(17)3-2-4-13(10)18/h2-8H,1H3,(H,20,21). The van der Waals surface area contributed by atoms with Gasteiger partial charge in [0.1, 0.15) is 5.75 Å². The number of hydrogen-bond acceptors (Lipinski definition) is 3. The van der Waals surface area contributed by atoms with Gasteiger partial charge in [-0.05, 0) is 46.3 Å². The zero-order valence-corrected chi connectivity index (χ0v) is 14.5. The van der Waals surface area contributed by atoms with Crippen molar-refractivity contribution < 1.29 is 9.53 Å². The van der Waals surface area contributed by atoms with Gasteiger partial charge in [0.25, 0.3) is 5.91 Å². The second-order valence-corrected chi connectivity index (χ2v) is 5.85. The molecule has 0 bridgehead atoms. The minimum atomic E-state index is -0.359. The van der Waals surface area contributed by atoms with Crippen molar-refractivity contribution >= 4 is 51.3 Å². The summed E-state index contributed by atoms with van der Waals surface area (Å²) in [7, 11) is 1.55. The molecule has 0 radical (unpaired) electrons. The largest absolute Gasteiger partial charge is 0.496 e. The van der Waals surface area contributed by atoms with Crippen LogP contribution in [0.25, 0.3) is 0 Å². The number of rotatable bonds is 4. The van der Waals surface area contributed by atoms with E-state index in [1.54, 1.807) is 43.5 Å². The van der Waals surface area contributed by atoms with Crippen LogP contribution in [-0.4, -0.2) is 19.2 Å². The highest BCUT2D eigenvalue weighted by atomic mass is 79.9. The lowest BCUT2D eigenvalue weighted by Gasteiger charge is -2.05. The first-order chi connectivity index (χ1) is 10.5. The lowest BCUT2D eigenvalue weighted by atomic mass is 10.2. The molecule has 0 atom stereocenters.